The molecule has 0 spiro atoms. The lowest BCUT2D eigenvalue weighted by Crippen LogP contribution is -2.16. The lowest BCUT2D eigenvalue weighted by molar-refractivity contribution is 0.0468. The summed E-state index contributed by atoms with van der Waals surface area (Å²) < 4.78 is 7.31. The number of aromatic nitrogens is 3. The lowest BCUT2D eigenvalue weighted by Gasteiger charge is -2.15. The zero-order valence-corrected chi connectivity index (χ0v) is 16.8. The van der Waals surface area contributed by atoms with Gasteiger partial charge in [0.1, 0.15) is 0 Å². The molecule has 1 aliphatic rings. The Bertz CT molecular complexity index is 894. The second kappa shape index (κ2) is 8.95. The van der Waals surface area contributed by atoms with Gasteiger partial charge in [-0.2, -0.15) is 0 Å². The Morgan fingerprint density at radius 3 is 2.64 bits per heavy atom. The highest BCUT2D eigenvalue weighted by Crippen LogP contribution is 2.23. The number of Topliss-reactive ketones (excluding diaryl/α,β-unsaturated/α-hetero) is 1. The predicted octanol–water partition coefficient (Wildman–Crippen LogP) is 4.13. The molecule has 3 rings (SSSR count). The number of esters is 1. The SMILES string of the molecule is Cc1cnc(C(=O)OCC(=O)c2cc(C)n(CCC3=CCCCC3)c2C)cn1. The fourth-order valence-corrected chi connectivity index (χ4v) is 3.60. The minimum Gasteiger partial charge on any atom is -0.453 e. The largest absolute Gasteiger partial charge is 0.453 e. The fraction of sp³-hybridized carbons (Fsp3) is 0.455. The number of ether oxygens (including phenoxy) is 1. The van der Waals surface area contributed by atoms with Gasteiger partial charge in [-0.3, -0.25) is 9.78 Å². The summed E-state index contributed by atoms with van der Waals surface area (Å²) in [6, 6.07) is 1.88. The van der Waals surface area contributed by atoms with Gasteiger partial charge in [0.15, 0.2) is 12.3 Å². The monoisotopic (exact) mass is 381 g/mol. The first-order valence-electron chi connectivity index (χ1n) is 9.79. The maximum Gasteiger partial charge on any atom is 0.358 e. The van der Waals surface area contributed by atoms with E-state index >= 15 is 0 Å². The molecule has 28 heavy (non-hydrogen) atoms. The van der Waals surface area contributed by atoms with E-state index in [1.54, 1.807) is 6.92 Å². The van der Waals surface area contributed by atoms with Crippen LogP contribution in [-0.4, -0.2) is 32.9 Å². The summed E-state index contributed by atoms with van der Waals surface area (Å²) in [4.78, 5) is 32.6. The maximum absolute atomic E-state index is 12.6. The molecule has 0 saturated heterocycles. The van der Waals surface area contributed by atoms with Crippen LogP contribution in [-0.2, 0) is 11.3 Å². The van der Waals surface area contributed by atoms with Crippen molar-refractivity contribution in [1.29, 1.82) is 0 Å². The third-order valence-electron chi connectivity index (χ3n) is 5.24. The molecule has 6 nitrogen and oxygen atoms in total. The van der Waals surface area contributed by atoms with E-state index < -0.39 is 5.97 Å². The molecule has 0 atom stereocenters. The predicted molar refractivity (Wildman–Crippen MR) is 106 cm³/mol. The molecule has 0 amide bonds. The Labute approximate surface area is 165 Å². The lowest BCUT2D eigenvalue weighted by atomic mass is 9.97. The zero-order chi connectivity index (χ0) is 20.1. The van der Waals surface area contributed by atoms with Crippen LogP contribution >= 0.6 is 0 Å². The molecular formula is C22H27N3O3. The second-order valence-electron chi connectivity index (χ2n) is 7.34. The molecular weight excluding hydrogens is 354 g/mol. The summed E-state index contributed by atoms with van der Waals surface area (Å²) in [6.45, 7) is 6.31. The average Bonchev–Trinajstić information content (AvgIpc) is 2.99. The van der Waals surface area contributed by atoms with Crippen molar-refractivity contribution in [3.63, 3.8) is 0 Å². The molecule has 0 N–H and O–H groups in total. The zero-order valence-electron chi connectivity index (χ0n) is 16.8. The molecule has 6 heteroatoms. The normalized spacial score (nSPS) is 13.9. The Balaban J connectivity index is 1.61. The van der Waals surface area contributed by atoms with E-state index in [2.05, 4.69) is 20.6 Å². The highest BCUT2D eigenvalue weighted by Gasteiger charge is 2.18. The number of hydrogen-bond acceptors (Lipinski definition) is 5. The Kier molecular flexibility index (Phi) is 6.39. The average molecular weight is 381 g/mol. The Morgan fingerprint density at radius 2 is 1.96 bits per heavy atom. The van der Waals surface area contributed by atoms with Crippen molar-refractivity contribution in [3.05, 3.63) is 58.4 Å². The molecule has 2 aromatic heterocycles. The van der Waals surface area contributed by atoms with Gasteiger partial charge < -0.3 is 9.30 Å². The summed E-state index contributed by atoms with van der Waals surface area (Å²) in [5, 5.41) is 0. The van der Waals surface area contributed by atoms with Crippen LogP contribution in [0, 0.1) is 20.8 Å². The first-order chi connectivity index (χ1) is 13.5. The van der Waals surface area contributed by atoms with Crippen molar-refractivity contribution in [2.45, 2.75) is 59.4 Å². The van der Waals surface area contributed by atoms with Gasteiger partial charge in [0.2, 0.25) is 5.78 Å². The van der Waals surface area contributed by atoms with E-state index in [-0.39, 0.29) is 18.1 Å². The van der Waals surface area contributed by atoms with Gasteiger partial charge >= 0.3 is 5.97 Å². The fourth-order valence-electron chi connectivity index (χ4n) is 3.60. The molecule has 0 aromatic carbocycles. The van der Waals surface area contributed by atoms with Crippen molar-refractivity contribution >= 4 is 11.8 Å². The van der Waals surface area contributed by atoms with Crippen molar-refractivity contribution in [2.24, 2.45) is 0 Å². The highest BCUT2D eigenvalue weighted by atomic mass is 16.5. The number of hydrogen-bond donors (Lipinski definition) is 0. The molecule has 0 aliphatic heterocycles. The molecule has 0 unspecified atom stereocenters. The third-order valence-corrected chi connectivity index (χ3v) is 5.24. The van der Waals surface area contributed by atoms with E-state index in [0.29, 0.717) is 11.3 Å². The molecule has 2 aromatic rings. The van der Waals surface area contributed by atoms with Crippen molar-refractivity contribution in [2.75, 3.05) is 6.61 Å². The molecule has 148 valence electrons. The first-order valence-corrected chi connectivity index (χ1v) is 9.79. The Morgan fingerprint density at radius 1 is 1.14 bits per heavy atom. The smallest absolute Gasteiger partial charge is 0.358 e. The van der Waals surface area contributed by atoms with Gasteiger partial charge in [-0.15, -0.1) is 0 Å². The van der Waals surface area contributed by atoms with Crippen LogP contribution in [0.2, 0.25) is 0 Å². The number of nitrogens with zero attached hydrogens (tertiary/aromatic N) is 3. The number of carbonyl (C=O) groups is 2. The minimum atomic E-state index is -0.640. The second-order valence-corrected chi connectivity index (χ2v) is 7.34. The van der Waals surface area contributed by atoms with E-state index in [4.69, 9.17) is 4.74 Å². The molecule has 0 saturated carbocycles. The van der Waals surface area contributed by atoms with E-state index in [9.17, 15) is 9.59 Å². The van der Waals surface area contributed by atoms with Crippen molar-refractivity contribution < 1.29 is 14.3 Å². The van der Waals surface area contributed by atoms with Gasteiger partial charge in [0.25, 0.3) is 0 Å². The van der Waals surface area contributed by atoms with E-state index in [1.165, 1.54) is 43.7 Å². The van der Waals surface area contributed by atoms with Gasteiger partial charge in [0, 0.05) is 29.7 Å². The van der Waals surface area contributed by atoms with Gasteiger partial charge in [-0.1, -0.05) is 11.6 Å². The van der Waals surface area contributed by atoms with Crippen molar-refractivity contribution in [1.82, 2.24) is 14.5 Å². The number of aryl methyl sites for hydroxylation is 2. The topological polar surface area (TPSA) is 74.1 Å². The quantitative estimate of drug-likeness (QED) is 0.409. The molecule has 2 heterocycles. The summed E-state index contributed by atoms with van der Waals surface area (Å²) in [5.41, 5.74) is 4.91. The Hall–Kier alpha value is -2.76. The minimum absolute atomic E-state index is 0.102. The number of ketones is 1. The van der Waals surface area contributed by atoms with Crippen LogP contribution in [0.3, 0.4) is 0 Å². The maximum atomic E-state index is 12.6. The van der Waals surface area contributed by atoms with E-state index in [1.807, 2.05) is 19.9 Å². The van der Waals surface area contributed by atoms with Crippen LogP contribution in [0.15, 0.2) is 30.1 Å². The highest BCUT2D eigenvalue weighted by molar-refractivity contribution is 6.00. The first kappa shape index (κ1) is 20.0. The molecule has 1 aliphatic carbocycles. The van der Waals surface area contributed by atoms with Gasteiger partial charge in [0.05, 0.1) is 11.9 Å². The number of rotatable bonds is 7. The summed E-state index contributed by atoms with van der Waals surface area (Å²) in [7, 11) is 0. The van der Waals surface area contributed by atoms with Gasteiger partial charge in [-0.25, -0.2) is 9.78 Å². The molecule has 0 bridgehead atoms. The summed E-state index contributed by atoms with van der Waals surface area (Å²) in [5.74, 6) is -0.844. The van der Waals surface area contributed by atoms with Crippen molar-refractivity contribution in [3.8, 4) is 0 Å². The molecule has 0 fully saturated rings. The third kappa shape index (κ3) is 4.74. The number of allylic oxidation sites excluding steroid dienone is 2. The van der Waals surface area contributed by atoms with Crippen LogP contribution < -0.4 is 0 Å². The van der Waals surface area contributed by atoms with Crippen LogP contribution in [0.1, 0.15) is 70.0 Å². The summed E-state index contributed by atoms with van der Waals surface area (Å²) in [6.07, 6.45) is 11.2. The van der Waals surface area contributed by atoms with Crippen LogP contribution in [0.25, 0.3) is 0 Å². The van der Waals surface area contributed by atoms with Crippen LogP contribution in [0.4, 0.5) is 0 Å². The summed E-state index contributed by atoms with van der Waals surface area (Å²) >= 11 is 0. The standard InChI is InChI=1S/C22H27N3O3/c1-15-12-24-20(13-23-15)22(27)28-14-21(26)19-11-16(2)25(17(19)3)10-9-18-7-5-4-6-8-18/h7,11-13H,4-6,8-10,14H2,1-3H3. The molecule has 0 radical (unpaired) electrons. The van der Waals surface area contributed by atoms with Crippen LogP contribution in [0.5, 0.6) is 0 Å². The van der Waals surface area contributed by atoms with E-state index in [0.717, 1.165) is 24.4 Å². The number of carbonyl (C=O) groups excluding carboxylic acids is 2. The van der Waals surface area contributed by atoms with Gasteiger partial charge in [-0.05, 0) is 58.9 Å².